The molecule has 0 fully saturated rings. The second-order valence-electron chi connectivity index (χ2n) is 4.58. The number of amides is 1. The Morgan fingerprint density at radius 1 is 1.45 bits per heavy atom. The van der Waals surface area contributed by atoms with Gasteiger partial charge < -0.3 is 5.32 Å². The molecule has 3 rings (SSSR count). The van der Waals surface area contributed by atoms with Crippen LogP contribution in [0.4, 0.5) is 5.95 Å². The van der Waals surface area contributed by atoms with Crippen molar-refractivity contribution in [3.05, 3.63) is 42.2 Å². The van der Waals surface area contributed by atoms with Gasteiger partial charge in [-0.2, -0.15) is 10.1 Å². The summed E-state index contributed by atoms with van der Waals surface area (Å²) >= 11 is 0. The molecule has 104 valence electrons. The highest BCUT2D eigenvalue weighted by atomic mass is 16.6. The highest BCUT2D eigenvalue weighted by Crippen LogP contribution is 2.13. The van der Waals surface area contributed by atoms with E-state index in [-0.39, 0.29) is 11.8 Å². The largest absolute Gasteiger partial charge is 0.354 e. The summed E-state index contributed by atoms with van der Waals surface area (Å²) < 4.78 is 1.67. The number of rotatable bonds is 4. The SMILES string of the molecule is O=C(NOCc1ccccc1)C1CNc2ncnn2C1. The molecule has 1 unspecified atom stereocenters. The molecule has 1 aromatic heterocycles. The molecule has 0 spiro atoms. The van der Waals surface area contributed by atoms with Crippen LogP contribution in [0.5, 0.6) is 0 Å². The number of fused-ring (bicyclic) bond motifs is 1. The third-order valence-electron chi connectivity index (χ3n) is 3.14. The zero-order chi connectivity index (χ0) is 13.8. The van der Waals surface area contributed by atoms with Gasteiger partial charge >= 0.3 is 0 Å². The lowest BCUT2D eigenvalue weighted by Gasteiger charge is -2.22. The number of benzene rings is 1. The van der Waals surface area contributed by atoms with Crippen LogP contribution in [0, 0.1) is 5.92 Å². The summed E-state index contributed by atoms with van der Waals surface area (Å²) in [6, 6.07) is 9.67. The van der Waals surface area contributed by atoms with Gasteiger partial charge in [0, 0.05) is 6.54 Å². The smallest absolute Gasteiger partial charge is 0.250 e. The molecule has 7 heteroatoms. The third-order valence-corrected chi connectivity index (χ3v) is 3.14. The number of carbonyl (C=O) groups excluding carboxylic acids is 1. The standard InChI is InChI=1S/C13H15N5O2/c19-12(17-20-8-10-4-2-1-3-5-10)11-6-14-13-15-9-16-18(13)7-11/h1-5,9,11H,6-8H2,(H,17,19)(H,14,15,16). The van der Waals surface area contributed by atoms with E-state index in [1.807, 2.05) is 30.3 Å². The minimum atomic E-state index is -0.222. The second-order valence-corrected chi connectivity index (χ2v) is 4.58. The first kappa shape index (κ1) is 12.6. The Kier molecular flexibility index (Phi) is 3.60. The number of nitrogens with zero attached hydrogens (tertiary/aromatic N) is 3. The molecule has 0 aliphatic carbocycles. The number of hydrogen-bond acceptors (Lipinski definition) is 5. The Hall–Kier alpha value is -2.41. The average Bonchev–Trinajstić information content (AvgIpc) is 2.95. The number of aromatic nitrogens is 3. The van der Waals surface area contributed by atoms with E-state index in [2.05, 4.69) is 20.9 Å². The van der Waals surface area contributed by atoms with Crippen molar-refractivity contribution in [3.8, 4) is 0 Å². The molecule has 0 saturated heterocycles. The summed E-state index contributed by atoms with van der Waals surface area (Å²) in [4.78, 5) is 21.2. The van der Waals surface area contributed by atoms with Crippen LogP contribution in [0.15, 0.2) is 36.7 Å². The molecule has 2 heterocycles. The van der Waals surface area contributed by atoms with Gasteiger partial charge in [0.15, 0.2) is 0 Å². The van der Waals surface area contributed by atoms with E-state index < -0.39 is 0 Å². The summed E-state index contributed by atoms with van der Waals surface area (Å²) in [5, 5.41) is 7.09. The van der Waals surface area contributed by atoms with Crippen LogP contribution in [0.25, 0.3) is 0 Å². The lowest BCUT2D eigenvalue weighted by atomic mass is 10.1. The maximum atomic E-state index is 12.0. The van der Waals surface area contributed by atoms with E-state index in [0.717, 1.165) is 5.56 Å². The second kappa shape index (κ2) is 5.70. The summed E-state index contributed by atoms with van der Waals surface area (Å²) in [5.74, 6) is 0.314. The van der Waals surface area contributed by atoms with E-state index in [4.69, 9.17) is 4.84 Å². The van der Waals surface area contributed by atoms with Crippen molar-refractivity contribution in [2.24, 2.45) is 5.92 Å². The fourth-order valence-corrected chi connectivity index (χ4v) is 2.05. The average molecular weight is 273 g/mol. The maximum absolute atomic E-state index is 12.0. The molecule has 1 aromatic carbocycles. The fraction of sp³-hybridized carbons (Fsp3) is 0.308. The van der Waals surface area contributed by atoms with Gasteiger partial charge in [0.2, 0.25) is 11.9 Å². The van der Waals surface area contributed by atoms with Crippen molar-refractivity contribution in [1.82, 2.24) is 20.2 Å². The minimum Gasteiger partial charge on any atom is -0.354 e. The van der Waals surface area contributed by atoms with E-state index in [9.17, 15) is 4.79 Å². The number of carbonyl (C=O) groups is 1. The Morgan fingerprint density at radius 2 is 2.30 bits per heavy atom. The summed E-state index contributed by atoms with van der Waals surface area (Å²) in [6.07, 6.45) is 1.47. The number of nitrogens with one attached hydrogen (secondary N) is 2. The van der Waals surface area contributed by atoms with Crippen molar-refractivity contribution in [3.63, 3.8) is 0 Å². The molecular formula is C13H15N5O2. The topological polar surface area (TPSA) is 81.1 Å². The van der Waals surface area contributed by atoms with Crippen LogP contribution < -0.4 is 10.8 Å². The Labute approximate surface area is 115 Å². The molecule has 0 saturated carbocycles. The Balaban J connectivity index is 1.48. The number of hydrogen-bond donors (Lipinski definition) is 2. The molecule has 2 N–H and O–H groups in total. The van der Waals surface area contributed by atoms with E-state index in [0.29, 0.717) is 25.6 Å². The van der Waals surface area contributed by atoms with Gasteiger partial charge in [-0.1, -0.05) is 30.3 Å². The molecule has 1 amide bonds. The monoisotopic (exact) mass is 273 g/mol. The van der Waals surface area contributed by atoms with Crippen LogP contribution in [0.2, 0.25) is 0 Å². The number of hydroxylamine groups is 1. The molecule has 7 nitrogen and oxygen atoms in total. The van der Waals surface area contributed by atoms with Gasteiger partial charge in [-0.3, -0.25) is 9.63 Å². The lowest BCUT2D eigenvalue weighted by Crippen LogP contribution is -2.40. The Bertz CT molecular complexity index is 583. The zero-order valence-corrected chi connectivity index (χ0v) is 10.8. The molecule has 1 atom stereocenters. The summed E-state index contributed by atoms with van der Waals surface area (Å²) in [6.45, 7) is 1.38. The van der Waals surface area contributed by atoms with Crippen molar-refractivity contribution < 1.29 is 9.63 Å². The van der Waals surface area contributed by atoms with Crippen molar-refractivity contribution in [2.75, 3.05) is 11.9 Å². The molecular weight excluding hydrogens is 258 g/mol. The highest BCUT2D eigenvalue weighted by molar-refractivity contribution is 5.78. The van der Waals surface area contributed by atoms with Crippen molar-refractivity contribution in [1.29, 1.82) is 0 Å². The van der Waals surface area contributed by atoms with E-state index >= 15 is 0 Å². The maximum Gasteiger partial charge on any atom is 0.250 e. The van der Waals surface area contributed by atoms with Crippen LogP contribution in [-0.2, 0) is 22.8 Å². The van der Waals surface area contributed by atoms with E-state index in [1.165, 1.54) is 6.33 Å². The Morgan fingerprint density at radius 3 is 3.15 bits per heavy atom. The first-order chi connectivity index (χ1) is 9.83. The van der Waals surface area contributed by atoms with Crippen LogP contribution in [0.3, 0.4) is 0 Å². The molecule has 0 radical (unpaired) electrons. The minimum absolute atomic E-state index is 0.158. The van der Waals surface area contributed by atoms with Gasteiger partial charge in [-0.15, -0.1) is 0 Å². The van der Waals surface area contributed by atoms with Crippen LogP contribution in [0.1, 0.15) is 5.56 Å². The first-order valence-corrected chi connectivity index (χ1v) is 6.40. The highest BCUT2D eigenvalue weighted by Gasteiger charge is 2.25. The van der Waals surface area contributed by atoms with Gasteiger partial charge in [0.1, 0.15) is 6.33 Å². The van der Waals surface area contributed by atoms with Gasteiger partial charge in [-0.05, 0) is 5.56 Å². The molecule has 0 bridgehead atoms. The van der Waals surface area contributed by atoms with Gasteiger partial charge in [0.05, 0.1) is 19.1 Å². The fourth-order valence-electron chi connectivity index (χ4n) is 2.05. The van der Waals surface area contributed by atoms with Gasteiger partial charge in [0.25, 0.3) is 0 Å². The molecule has 1 aliphatic heterocycles. The number of anilines is 1. The van der Waals surface area contributed by atoms with Crippen LogP contribution >= 0.6 is 0 Å². The first-order valence-electron chi connectivity index (χ1n) is 6.40. The predicted octanol–water partition coefficient (Wildman–Crippen LogP) is 0.568. The summed E-state index contributed by atoms with van der Waals surface area (Å²) in [5.41, 5.74) is 3.49. The van der Waals surface area contributed by atoms with Gasteiger partial charge in [-0.25, -0.2) is 10.2 Å². The third kappa shape index (κ3) is 2.77. The predicted molar refractivity (Wildman–Crippen MR) is 71.4 cm³/mol. The van der Waals surface area contributed by atoms with Crippen molar-refractivity contribution >= 4 is 11.9 Å². The van der Waals surface area contributed by atoms with Crippen LogP contribution in [-0.4, -0.2) is 27.2 Å². The molecule has 20 heavy (non-hydrogen) atoms. The van der Waals surface area contributed by atoms with E-state index in [1.54, 1.807) is 4.68 Å². The van der Waals surface area contributed by atoms with Crippen molar-refractivity contribution in [2.45, 2.75) is 13.2 Å². The lowest BCUT2D eigenvalue weighted by molar-refractivity contribution is -0.139. The molecule has 2 aromatic rings. The zero-order valence-electron chi connectivity index (χ0n) is 10.8. The molecule has 1 aliphatic rings. The normalized spacial score (nSPS) is 17.1. The quantitative estimate of drug-likeness (QED) is 0.796. The summed E-state index contributed by atoms with van der Waals surface area (Å²) in [7, 11) is 0.